The van der Waals surface area contributed by atoms with E-state index in [-0.39, 0.29) is 23.6 Å². The van der Waals surface area contributed by atoms with Crippen molar-refractivity contribution in [3.63, 3.8) is 0 Å². The monoisotopic (exact) mass is 383 g/mol. The molecule has 1 N–H and O–H groups in total. The number of carbonyl (C=O) groups is 2. The van der Waals surface area contributed by atoms with Gasteiger partial charge in [-0.2, -0.15) is 0 Å². The largest absolute Gasteiger partial charge is 0.459 e. The van der Waals surface area contributed by atoms with Crippen LogP contribution in [0, 0.1) is 0 Å². The molecular formula is C19H17N3O6. The minimum Gasteiger partial charge on any atom is -0.459 e. The van der Waals surface area contributed by atoms with Crippen LogP contribution in [0.4, 0.5) is 5.69 Å². The van der Waals surface area contributed by atoms with Gasteiger partial charge in [0.2, 0.25) is 0 Å². The van der Waals surface area contributed by atoms with Crippen LogP contribution in [0.3, 0.4) is 0 Å². The van der Waals surface area contributed by atoms with Gasteiger partial charge in [0.1, 0.15) is 6.61 Å². The highest BCUT2D eigenvalue weighted by atomic mass is 16.5. The maximum atomic E-state index is 12.2. The molecule has 3 aromatic rings. The zero-order valence-electron chi connectivity index (χ0n) is 15.2. The highest BCUT2D eigenvalue weighted by Crippen LogP contribution is 2.13. The van der Waals surface area contributed by atoms with E-state index in [1.807, 2.05) is 0 Å². The van der Waals surface area contributed by atoms with Gasteiger partial charge in [0, 0.05) is 25.8 Å². The predicted molar refractivity (Wildman–Crippen MR) is 99.1 cm³/mol. The van der Waals surface area contributed by atoms with Crippen LogP contribution in [-0.2, 0) is 25.4 Å². The number of hydrogen-bond donors (Lipinski definition) is 1. The van der Waals surface area contributed by atoms with E-state index in [0.29, 0.717) is 5.69 Å². The Morgan fingerprint density at radius 3 is 2.43 bits per heavy atom. The molecule has 28 heavy (non-hydrogen) atoms. The van der Waals surface area contributed by atoms with Crippen LogP contribution in [0.15, 0.2) is 62.7 Å². The average Bonchev–Trinajstić information content (AvgIpc) is 3.23. The van der Waals surface area contributed by atoms with E-state index in [2.05, 4.69) is 5.32 Å². The number of aromatic nitrogens is 2. The first-order valence-electron chi connectivity index (χ1n) is 8.25. The lowest BCUT2D eigenvalue weighted by atomic mass is 10.2. The summed E-state index contributed by atoms with van der Waals surface area (Å²) in [5.74, 6) is -0.868. The summed E-state index contributed by atoms with van der Waals surface area (Å²) in [6.45, 7) is -0.225. The summed E-state index contributed by atoms with van der Waals surface area (Å²) < 4.78 is 12.4. The molecule has 9 nitrogen and oxygen atoms in total. The number of carbonyl (C=O) groups excluding carboxylic acids is 2. The SMILES string of the molecule is Cn1c(COC(=O)c2ccc(NC(=O)c3ccco3)cc2)cc(=O)n(C)c1=O. The number of rotatable bonds is 5. The first-order valence-corrected chi connectivity index (χ1v) is 8.25. The van der Waals surface area contributed by atoms with Gasteiger partial charge in [-0.25, -0.2) is 9.59 Å². The fourth-order valence-corrected chi connectivity index (χ4v) is 2.43. The molecule has 0 unspecified atom stereocenters. The fraction of sp³-hybridized carbons (Fsp3) is 0.158. The van der Waals surface area contributed by atoms with Crippen molar-refractivity contribution in [3.8, 4) is 0 Å². The molecule has 3 rings (SSSR count). The summed E-state index contributed by atoms with van der Waals surface area (Å²) in [4.78, 5) is 47.7. The second-order valence-corrected chi connectivity index (χ2v) is 5.96. The summed E-state index contributed by atoms with van der Waals surface area (Å²) in [5.41, 5.74) is 0.0292. The number of ether oxygens (including phenoxy) is 1. The van der Waals surface area contributed by atoms with Gasteiger partial charge in [-0.15, -0.1) is 0 Å². The first-order chi connectivity index (χ1) is 13.4. The minimum atomic E-state index is -0.628. The molecule has 0 aliphatic rings. The number of esters is 1. The van der Waals surface area contributed by atoms with Crippen LogP contribution >= 0.6 is 0 Å². The normalized spacial score (nSPS) is 10.5. The Kier molecular flexibility index (Phi) is 5.25. The molecule has 2 heterocycles. The molecule has 1 amide bonds. The van der Waals surface area contributed by atoms with E-state index in [1.165, 1.54) is 49.2 Å². The standard InChI is InChI=1S/C19H17N3O6/c1-21-14(10-16(23)22(2)19(21)26)11-28-18(25)12-5-7-13(8-6-12)20-17(24)15-4-3-9-27-15/h3-10H,11H2,1-2H3,(H,20,24). The van der Waals surface area contributed by atoms with Crippen LogP contribution in [-0.4, -0.2) is 21.0 Å². The third kappa shape index (κ3) is 3.93. The molecule has 1 aromatic carbocycles. The summed E-state index contributed by atoms with van der Waals surface area (Å²) in [6, 6.07) is 10.4. The van der Waals surface area contributed by atoms with Crippen molar-refractivity contribution in [1.82, 2.24) is 9.13 Å². The number of amides is 1. The molecule has 0 aliphatic carbocycles. The van der Waals surface area contributed by atoms with Crippen LogP contribution in [0.5, 0.6) is 0 Å². The van der Waals surface area contributed by atoms with Gasteiger partial charge in [0.15, 0.2) is 5.76 Å². The topological polar surface area (TPSA) is 113 Å². The molecule has 0 saturated heterocycles. The second-order valence-electron chi connectivity index (χ2n) is 5.96. The van der Waals surface area contributed by atoms with E-state index in [0.717, 1.165) is 4.57 Å². The lowest BCUT2D eigenvalue weighted by Gasteiger charge is -2.10. The van der Waals surface area contributed by atoms with Gasteiger partial charge in [-0.3, -0.25) is 18.7 Å². The molecule has 2 aromatic heterocycles. The molecule has 0 saturated carbocycles. The Hall–Kier alpha value is -3.88. The lowest BCUT2D eigenvalue weighted by molar-refractivity contribution is 0.0462. The van der Waals surface area contributed by atoms with E-state index in [1.54, 1.807) is 18.2 Å². The first kappa shape index (κ1) is 18.9. The Morgan fingerprint density at radius 2 is 1.79 bits per heavy atom. The number of anilines is 1. The molecular weight excluding hydrogens is 366 g/mol. The molecule has 144 valence electrons. The molecule has 0 aliphatic heterocycles. The maximum Gasteiger partial charge on any atom is 0.338 e. The number of furan rings is 1. The summed E-state index contributed by atoms with van der Waals surface area (Å²) in [6.07, 6.45) is 1.40. The van der Waals surface area contributed by atoms with E-state index in [4.69, 9.17) is 9.15 Å². The summed E-state index contributed by atoms with van der Waals surface area (Å²) >= 11 is 0. The van der Waals surface area contributed by atoms with Crippen molar-refractivity contribution < 1.29 is 18.7 Å². The zero-order chi connectivity index (χ0) is 20.3. The van der Waals surface area contributed by atoms with Gasteiger partial charge in [-0.1, -0.05) is 0 Å². The lowest BCUT2D eigenvalue weighted by Crippen LogP contribution is -2.38. The number of nitrogens with one attached hydrogen (secondary N) is 1. The van der Waals surface area contributed by atoms with Crippen molar-refractivity contribution >= 4 is 17.6 Å². The van der Waals surface area contributed by atoms with Gasteiger partial charge >= 0.3 is 11.7 Å². The van der Waals surface area contributed by atoms with Crippen LogP contribution in [0.25, 0.3) is 0 Å². The van der Waals surface area contributed by atoms with Crippen molar-refractivity contribution in [2.75, 3.05) is 5.32 Å². The molecule has 0 fully saturated rings. The fourth-order valence-electron chi connectivity index (χ4n) is 2.43. The van der Waals surface area contributed by atoms with Crippen molar-refractivity contribution in [2.45, 2.75) is 6.61 Å². The number of nitrogens with zero attached hydrogens (tertiary/aromatic N) is 2. The average molecular weight is 383 g/mol. The van der Waals surface area contributed by atoms with E-state index in [9.17, 15) is 19.2 Å². The van der Waals surface area contributed by atoms with Gasteiger partial charge in [0.05, 0.1) is 17.5 Å². The number of hydrogen-bond acceptors (Lipinski definition) is 6. The summed E-state index contributed by atoms with van der Waals surface area (Å²) in [7, 11) is 2.86. The van der Waals surface area contributed by atoms with Gasteiger partial charge in [0.25, 0.3) is 11.5 Å². The Labute approximate surface area is 158 Å². The summed E-state index contributed by atoms with van der Waals surface area (Å²) in [5, 5.41) is 2.63. The Bertz CT molecular complexity index is 1120. The van der Waals surface area contributed by atoms with Crippen molar-refractivity contribution in [2.24, 2.45) is 14.1 Å². The number of benzene rings is 1. The third-order valence-corrected chi connectivity index (χ3v) is 4.10. The highest BCUT2D eigenvalue weighted by Gasteiger charge is 2.12. The molecule has 9 heteroatoms. The second kappa shape index (κ2) is 7.78. The van der Waals surface area contributed by atoms with Gasteiger partial charge < -0.3 is 14.5 Å². The van der Waals surface area contributed by atoms with E-state index >= 15 is 0 Å². The maximum absolute atomic E-state index is 12.2. The Balaban J connectivity index is 1.65. The van der Waals surface area contributed by atoms with Crippen molar-refractivity contribution in [3.05, 3.63) is 86.6 Å². The predicted octanol–water partition coefficient (Wildman–Crippen LogP) is 1.29. The zero-order valence-corrected chi connectivity index (χ0v) is 15.2. The Morgan fingerprint density at radius 1 is 1.07 bits per heavy atom. The minimum absolute atomic E-state index is 0.170. The quantitative estimate of drug-likeness (QED) is 0.664. The molecule has 0 atom stereocenters. The van der Waals surface area contributed by atoms with Crippen molar-refractivity contribution in [1.29, 1.82) is 0 Å². The van der Waals surface area contributed by atoms with Crippen LogP contribution in [0.1, 0.15) is 26.6 Å². The smallest absolute Gasteiger partial charge is 0.338 e. The van der Waals surface area contributed by atoms with E-state index < -0.39 is 23.1 Å². The van der Waals surface area contributed by atoms with Gasteiger partial charge in [-0.05, 0) is 36.4 Å². The molecule has 0 radical (unpaired) electrons. The molecule has 0 bridgehead atoms. The van der Waals surface area contributed by atoms with Crippen LogP contribution in [0.2, 0.25) is 0 Å². The third-order valence-electron chi connectivity index (χ3n) is 4.10. The highest BCUT2D eigenvalue weighted by molar-refractivity contribution is 6.02. The van der Waals surface area contributed by atoms with Crippen LogP contribution < -0.4 is 16.6 Å². The molecule has 0 spiro atoms.